The third kappa shape index (κ3) is 4.92. The van der Waals surface area contributed by atoms with Crippen LogP contribution in [0.2, 0.25) is 0 Å². The number of nitrogens with one attached hydrogen (secondary N) is 1. The van der Waals surface area contributed by atoms with Crippen molar-refractivity contribution in [1.82, 2.24) is 5.32 Å². The third-order valence-corrected chi connectivity index (χ3v) is 3.40. The van der Waals surface area contributed by atoms with Crippen LogP contribution in [0.25, 0.3) is 0 Å². The summed E-state index contributed by atoms with van der Waals surface area (Å²) in [4.78, 5) is 23.4. The molecule has 1 aromatic rings. The van der Waals surface area contributed by atoms with Gasteiger partial charge in [0.05, 0.1) is 12.0 Å². The molecule has 1 heterocycles. The summed E-state index contributed by atoms with van der Waals surface area (Å²) < 4.78 is 5.45. The number of hydrogen-bond donors (Lipinski definition) is 2. The molecule has 1 unspecified atom stereocenters. The fraction of sp³-hybridized carbons (Fsp3) is 0.625. The topological polar surface area (TPSA) is 79.5 Å². The first-order valence-electron chi connectivity index (χ1n) is 7.10. The number of hydrogen-bond acceptors (Lipinski definition) is 3. The summed E-state index contributed by atoms with van der Waals surface area (Å²) >= 11 is 0. The van der Waals surface area contributed by atoms with Crippen LogP contribution in [-0.4, -0.2) is 23.0 Å². The van der Waals surface area contributed by atoms with Gasteiger partial charge in [0, 0.05) is 11.6 Å². The van der Waals surface area contributed by atoms with E-state index in [-0.39, 0.29) is 17.7 Å². The number of aryl methyl sites for hydroxylation is 2. The van der Waals surface area contributed by atoms with Crippen molar-refractivity contribution in [3.63, 3.8) is 0 Å². The predicted molar refractivity (Wildman–Crippen MR) is 80.5 cm³/mol. The first-order chi connectivity index (χ1) is 9.51. The second-order valence-corrected chi connectivity index (χ2v) is 6.75. The van der Waals surface area contributed by atoms with Crippen LogP contribution in [0.4, 0.5) is 0 Å². The summed E-state index contributed by atoms with van der Waals surface area (Å²) in [6.45, 7) is 11.4. The van der Waals surface area contributed by atoms with Crippen LogP contribution in [0, 0.1) is 26.2 Å². The first kappa shape index (κ1) is 17.3. The number of amides is 1. The molecule has 0 aliphatic heterocycles. The van der Waals surface area contributed by atoms with Gasteiger partial charge in [0.2, 0.25) is 0 Å². The van der Waals surface area contributed by atoms with Gasteiger partial charge in [-0.1, -0.05) is 20.8 Å². The van der Waals surface area contributed by atoms with Crippen LogP contribution < -0.4 is 5.32 Å². The lowest BCUT2D eigenvalue weighted by molar-refractivity contribution is -0.137. The normalized spacial score (nSPS) is 13.0. The summed E-state index contributed by atoms with van der Waals surface area (Å²) in [7, 11) is 0. The van der Waals surface area contributed by atoms with Gasteiger partial charge in [0.25, 0.3) is 5.91 Å². The molecule has 2 N–H and O–H groups in total. The van der Waals surface area contributed by atoms with E-state index in [2.05, 4.69) is 5.32 Å². The Morgan fingerprint density at radius 2 is 1.76 bits per heavy atom. The molecule has 21 heavy (non-hydrogen) atoms. The maximum atomic E-state index is 12.4. The molecule has 5 heteroatoms. The molecule has 0 saturated heterocycles. The van der Waals surface area contributed by atoms with Crippen molar-refractivity contribution >= 4 is 11.9 Å². The van der Waals surface area contributed by atoms with Crippen molar-refractivity contribution in [2.75, 3.05) is 0 Å². The summed E-state index contributed by atoms with van der Waals surface area (Å²) in [5.41, 5.74) is 1.25. The second kappa shape index (κ2) is 6.33. The Morgan fingerprint density at radius 3 is 2.14 bits per heavy atom. The minimum atomic E-state index is -0.915. The molecule has 0 fully saturated rings. The lowest BCUT2D eigenvalue weighted by Gasteiger charge is -2.25. The molecule has 5 nitrogen and oxygen atoms in total. The average molecular weight is 295 g/mol. The van der Waals surface area contributed by atoms with Gasteiger partial charge in [0.1, 0.15) is 11.5 Å². The van der Waals surface area contributed by atoms with E-state index in [1.165, 1.54) is 0 Å². The van der Waals surface area contributed by atoms with Crippen molar-refractivity contribution in [2.45, 2.75) is 60.4 Å². The summed E-state index contributed by atoms with van der Waals surface area (Å²) in [5, 5.41) is 11.8. The van der Waals surface area contributed by atoms with E-state index in [1.54, 1.807) is 6.92 Å². The van der Waals surface area contributed by atoms with Gasteiger partial charge in [-0.15, -0.1) is 0 Å². The van der Waals surface area contributed by atoms with Gasteiger partial charge < -0.3 is 14.8 Å². The molecule has 1 amide bonds. The Bertz CT molecular complexity index is 537. The van der Waals surface area contributed by atoms with Crippen LogP contribution in [0.3, 0.4) is 0 Å². The van der Waals surface area contributed by atoms with Crippen LogP contribution in [-0.2, 0) is 4.79 Å². The lowest BCUT2D eigenvalue weighted by Crippen LogP contribution is -2.39. The number of aliphatic carboxylic acids is 1. The fourth-order valence-corrected chi connectivity index (χ4v) is 2.51. The van der Waals surface area contributed by atoms with E-state index in [4.69, 9.17) is 9.52 Å². The molecule has 1 atom stereocenters. The van der Waals surface area contributed by atoms with Gasteiger partial charge in [0.15, 0.2) is 0 Å². The molecular weight excluding hydrogens is 270 g/mol. The SMILES string of the molecule is Cc1oc(C)c(C(=O)NC(CC(=O)O)CC(C)(C)C)c1C. The number of carboxylic acids is 1. The molecule has 0 spiro atoms. The first-order valence-corrected chi connectivity index (χ1v) is 7.10. The van der Waals surface area contributed by atoms with Gasteiger partial charge in [-0.05, 0) is 32.6 Å². The molecule has 0 aliphatic rings. The Labute approximate surface area is 125 Å². The molecule has 0 aromatic carbocycles. The molecule has 0 radical (unpaired) electrons. The average Bonchev–Trinajstić information content (AvgIpc) is 2.49. The Hall–Kier alpha value is -1.78. The summed E-state index contributed by atoms with van der Waals surface area (Å²) in [6, 6.07) is -0.399. The Balaban J connectivity index is 2.92. The van der Waals surface area contributed by atoms with Crippen LogP contribution in [0.15, 0.2) is 4.42 Å². The number of carbonyl (C=O) groups excluding carboxylic acids is 1. The van der Waals surface area contributed by atoms with E-state index in [0.29, 0.717) is 23.5 Å². The van der Waals surface area contributed by atoms with E-state index >= 15 is 0 Å². The van der Waals surface area contributed by atoms with Crippen molar-refractivity contribution in [1.29, 1.82) is 0 Å². The predicted octanol–water partition coefficient (Wildman–Crippen LogP) is 3.21. The quantitative estimate of drug-likeness (QED) is 0.874. The standard InChI is InChI=1S/C16H25NO4/c1-9-10(2)21-11(3)14(9)15(20)17-12(7-13(18)19)8-16(4,5)6/h12H,7-8H2,1-6H3,(H,17,20)(H,18,19). The highest BCUT2D eigenvalue weighted by Gasteiger charge is 2.25. The largest absolute Gasteiger partial charge is 0.481 e. The van der Waals surface area contributed by atoms with Gasteiger partial charge in [-0.25, -0.2) is 0 Å². The number of furan rings is 1. The zero-order valence-corrected chi connectivity index (χ0v) is 13.7. The minimum absolute atomic E-state index is 0.0657. The van der Waals surface area contributed by atoms with E-state index in [9.17, 15) is 9.59 Å². The lowest BCUT2D eigenvalue weighted by atomic mass is 9.87. The molecular formula is C16H25NO4. The highest BCUT2D eigenvalue weighted by Crippen LogP contribution is 2.24. The molecule has 118 valence electrons. The molecule has 1 rings (SSSR count). The van der Waals surface area contributed by atoms with Crippen molar-refractivity contribution in [3.05, 3.63) is 22.6 Å². The number of carbonyl (C=O) groups is 2. The minimum Gasteiger partial charge on any atom is -0.481 e. The third-order valence-electron chi connectivity index (χ3n) is 3.40. The molecule has 0 aliphatic carbocycles. The second-order valence-electron chi connectivity index (χ2n) is 6.75. The van der Waals surface area contributed by atoms with Gasteiger partial charge >= 0.3 is 5.97 Å². The number of rotatable bonds is 5. The fourth-order valence-electron chi connectivity index (χ4n) is 2.51. The van der Waals surface area contributed by atoms with Crippen molar-refractivity contribution < 1.29 is 19.1 Å². The van der Waals surface area contributed by atoms with Gasteiger partial charge in [-0.2, -0.15) is 0 Å². The van der Waals surface area contributed by atoms with Gasteiger partial charge in [-0.3, -0.25) is 9.59 Å². The van der Waals surface area contributed by atoms with E-state index in [0.717, 1.165) is 5.56 Å². The monoisotopic (exact) mass is 295 g/mol. The van der Waals surface area contributed by atoms with E-state index in [1.807, 2.05) is 34.6 Å². The Kier molecular flexibility index (Phi) is 5.20. The summed E-state index contributed by atoms with van der Waals surface area (Å²) in [5.74, 6) is 0.0920. The zero-order chi connectivity index (χ0) is 16.4. The highest BCUT2D eigenvalue weighted by molar-refractivity contribution is 5.97. The maximum absolute atomic E-state index is 12.4. The highest BCUT2D eigenvalue weighted by atomic mass is 16.4. The van der Waals surface area contributed by atoms with Crippen molar-refractivity contribution in [2.24, 2.45) is 5.41 Å². The van der Waals surface area contributed by atoms with Crippen LogP contribution >= 0.6 is 0 Å². The van der Waals surface area contributed by atoms with Crippen molar-refractivity contribution in [3.8, 4) is 0 Å². The zero-order valence-electron chi connectivity index (χ0n) is 13.7. The molecule has 0 bridgehead atoms. The Morgan fingerprint density at radius 1 is 1.19 bits per heavy atom. The molecule has 1 aromatic heterocycles. The summed E-state index contributed by atoms with van der Waals surface area (Å²) in [6.07, 6.45) is 0.512. The smallest absolute Gasteiger partial charge is 0.305 e. The number of carboxylic acid groups (broad SMARTS) is 1. The maximum Gasteiger partial charge on any atom is 0.305 e. The van der Waals surface area contributed by atoms with Crippen LogP contribution in [0.1, 0.15) is 61.1 Å². The van der Waals surface area contributed by atoms with Crippen LogP contribution in [0.5, 0.6) is 0 Å². The van der Waals surface area contributed by atoms with E-state index < -0.39 is 12.0 Å². The molecule has 0 saturated carbocycles.